The van der Waals surface area contributed by atoms with Crippen molar-refractivity contribution in [2.75, 3.05) is 10.6 Å². The Labute approximate surface area is 303 Å². The molecular formula is C40H33N9O2S. The fourth-order valence-electron chi connectivity index (χ4n) is 6.14. The van der Waals surface area contributed by atoms with E-state index in [-0.39, 0.29) is 11.6 Å². The molecule has 0 saturated carbocycles. The molecule has 2 amide bonds. The first-order valence-electron chi connectivity index (χ1n) is 16.7. The third kappa shape index (κ3) is 6.54. The van der Waals surface area contributed by atoms with Crippen LogP contribution < -0.4 is 10.6 Å². The van der Waals surface area contributed by atoms with Crippen molar-refractivity contribution in [2.24, 2.45) is 0 Å². The predicted octanol–water partition coefficient (Wildman–Crippen LogP) is 7.83. The normalized spacial score (nSPS) is 11.3. The van der Waals surface area contributed by atoms with E-state index in [1.807, 2.05) is 51.8 Å². The second-order valence-corrected chi connectivity index (χ2v) is 13.6. The van der Waals surface area contributed by atoms with Gasteiger partial charge in [0.15, 0.2) is 17.3 Å². The van der Waals surface area contributed by atoms with Gasteiger partial charge in [-0.05, 0) is 67.8 Å². The van der Waals surface area contributed by atoms with Gasteiger partial charge in [0.2, 0.25) is 0 Å². The van der Waals surface area contributed by atoms with Crippen LogP contribution in [0.4, 0.5) is 11.6 Å². The molecule has 4 aromatic heterocycles. The number of nitrogens with one attached hydrogen (secondary N) is 2. The number of hydrogen-bond acceptors (Lipinski definition) is 8. The largest absolute Gasteiger partial charge is 0.304 e. The number of carbonyl (C=O) groups is 2. The summed E-state index contributed by atoms with van der Waals surface area (Å²) in [6, 6.07) is 32.0. The lowest BCUT2D eigenvalue weighted by Crippen LogP contribution is -2.15. The molecule has 8 rings (SSSR count). The summed E-state index contributed by atoms with van der Waals surface area (Å²) in [6.07, 6.45) is 1.61. The number of aryl methyl sites for hydroxylation is 3. The Morgan fingerprint density at radius 2 is 1.29 bits per heavy atom. The Morgan fingerprint density at radius 1 is 0.673 bits per heavy atom. The topological polar surface area (TPSA) is 133 Å². The highest BCUT2D eigenvalue weighted by Gasteiger charge is 2.20. The van der Waals surface area contributed by atoms with Gasteiger partial charge in [-0.2, -0.15) is 15.3 Å². The van der Waals surface area contributed by atoms with Gasteiger partial charge in [-0.3, -0.25) is 19.0 Å². The Morgan fingerprint density at radius 3 is 1.94 bits per heavy atom. The maximum atomic E-state index is 13.6. The van der Waals surface area contributed by atoms with Crippen LogP contribution in [-0.2, 0) is 13.1 Å². The van der Waals surface area contributed by atoms with Crippen LogP contribution in [-0.4, -0.2) is 46.6 Å². The number of benzene rings is 4. The van der Waals surface area contributed by atoms with E-state index in [9.17, 15) is 9.59 Å². The summed E-state index contributed by atoms with van der Waals surface area (Å²) in [5, 5.41) is 25.5. The molecule has 11 nitrogen and oxygen atoms in total. The summed E-state index contributed by atoms with van der Waals surface area (Å²) >= 11 is 1.28. The zero-order valence-corrected chi connectivity index (χ0v) is 29.5. The van der Waals surface area contributed by atoms with Crippen LogP contribution in [0.1, 0.15) is 48.1 Å². The van der Waals surface area contributed by atoms with Crippen molar-refractivity contribution in [3.8, 4) is 11.1 Å². The average Bonchev–Trinajstić information content (AvgIpc) is 3.85. The van der Waals surface area contributed by atoms with E-state index in [0.29, 0.717) is 40.9 Å². The summed E-state index contributed by atoms with van der Waals surface area (Å²) in [6.45, 7) is 6.99. The highest BCUT2D eigenvalue weighted by atomic mass is 32.1. The number of hydrogen-bond donors (Lipinski definition) is 2. The van der Waals surface area contributed by atoms with Gasteiger partial charge in [-0.15, -0.1) is 16.4 Å². The summed E-state index contributed by atoms with van der Waals surface area (Å²) in [5.41, 5.74) is 10.2. The smallest absolute Gasteiger partial charge is 0.277 e. The van der Waals surface area contributed by atoms with Crippen LogP contribution in [0.3, 0.4) is 0 Å². The number of amides is 2. The van der Waals surface area contributed by atoms with Gasteiger partial charge < -0.3 is 10.6 Å². The van der Waals surface area contributed by atoms with Gasteiger partial charge in [0.05, 0.1) is 41.5 Å². The zero-order chi connectivity index (χ0) is 35.8. The lowest BCUT2D eigenvalue weighted by molar-refractivity contribution is 0.101. The molecule has 0 radical (unpaired) electrons. The molecule has 12 heteroatoms. The van der Waals surface area contributed by atoms with Crippen molar-refractivity contribution >= 4 is 56.6 Å². The van der Waals surface area contributed by atoms with Crippen molar-refractivity contribution in [1.29, 1.82) is 0 Å². The molecule has 0 bridgehead atoms. The standard InChI is InChI=1S/C40H33N9O2S/c1-24-8-12-27(13-9-24)21-48-34-7-5-4-6-31(34)37(46-48)43-39(50)33-19-30(20-42-45-33)29-16-17-35-32(18-29)38(44-40(51)36-26(3)41-23-52-36)47-49(35)22-28-14-10-25(2)11-15-28/h4-20,23H,21-22H2,1-3H3,(H,43,46,50)(H,44,47,51). The zero-order valence-electron chi connectivity index (χ0n) is 28.7. The number of thiazole rings is 1. The van der Waals surface area contributed by atoms with E-state index in [1.54, 1.807) is 24.7 Å². The first kappa shape index (κ1) is 32.7. The molecule has 2 N–H and O–H groups in total. The van der Waals surface area contributed by atoms with Crippen molar-refractivity contribution in [3.63, 3.8) is 0 Å². The van der Waals surface area contributed by atoms with E-state index in [2.05, 4.69) is 88.2 Å². The summed E-state index contributed by atoms with van der Waals surface area (Å²) < 4.78 is 3.77. The molecule has 4 aromatic carbocycles. The SMILES string of the molecule is Cc1ccc(Cn2nc(NC(=O)c3cc(-c4ccc5c(c4)c(NC(=O)c4scnc4C)nn5Cc4ccc(C)cc4)cnn3)c3ccccc32)cc1. The van der Waals surface area contributed by atoms with E-state index >= 15 is 0 Å². The van der Waals surface area contributed by atoms with E-state index in [4.69, 9.17) is 10.2 Å². The Balaban J connectivity index is 1.10. The third-order valence-corrected chi connectivity index (χ3v) is 9.88. The Bertz CT molecular complexity index is 2600. The number of carbonyl (C=O) groups excluding carboxylic acids is 2. The molecule has 0 spiro atoms. The van der Waals surface area contributed by atoms with E-state index in [0.717, 1.165) is 38.5 Å². The van der Waals surface area contributed by atoms with Gasteiger partial charge in [-0.25, -0.2) is 4.98 Å². The van der Waals surface area contributed by atoms with Crippen molar-refractivity contribution < 1.29 is 9.59 Å². The number of rotatable bonds is 9. The number of fused-ring (bicyclic) bond motifs is 2. The number of aromatic nitrogens is 7. The first-order valence-corrected chi connectivity index (χ1v) is 17.6. The minimum Gasteiger partial charge on any atom is -0.304 e. The predicted molar refractivity (Wildman–Crippen MR) is 204 cm³/mol. The second-order valence-electron chi connectivity index (χ2n) is 12.7. The second kappa shape index (κ2) is 13.6. The number of anilines is 2. The fraction of sp³-hybridized carbons (Fsp3) is 0.125. The first-order chi connectivity index (χ1) is 25.3. The van der Waals surface area contributed by atoms with E-state index < -0.39 is 5.91 Å². The Kier molecular flexibility index (Phi) is 8.57. The molecule has 0 fully saturated rings. The van der Waals surface area contributed by atoms with Crippen molar-refractivity contribution in [3.05, 3.63) is 147 Å². The van der Waals surface area contributed by atoms with Crippen LogP contribution in [0.25, 0.3) is 32.9 Å². The molecule has 0 saturated heterocycles. The minimum atomic E-state index is -0.431. The molecule has 4 heterocycles. The molecule has 0 aliphatic heterocycles. The molecule has 0 atom stereocenters. The highest BCUT2D eigenvalue weighted by molar-refractivity contribution is 7.12. The molecule has 0 aliphatic rings. The van der Waals surface area contributed by atoms with Crippen LogP contribution in [0.5, 0.6) is 0 Å². The van der Waals surface area contributed by atoms with Crippen LogP contribution in [0.2, 0.25) is 0 Å². The quantitative estimate of drug-likeness (QED) is 0.157. The average molecular weight is 704 g/mol. The fourth-order valence-corrected chi connectivity index (χ4v) is 6.83. The highest BCUT2D eigenvalue weighted by Crippen LogP contribution is 2.31. The summed E-state index contributed by atoms with van der Waals surface area (Å²) in [5.74, 6) is 0.166. The van der Waals surface area contributed by atoms with Crippen molar-refractivity contribution in [1.82, 2.24) is 34.7 Å². The molecule has 256 valence electrons. The lowest BCUT2D eigenvalue weighted by atomic mass is 10.0. The maximum Gasteiger partial charge on any atom is 0.277 e. The van der Waals surface area contributed by atoms with Crippen LogP contribution in [0, 0.1) is 20.8 Å². The van der Waals surface area contributed by atoms with Gasteiger partial charge >= 0.3 is 0 Å². The van der Waals surface area contributed by atoms with Crippen LogP contribution >= 0.6 is 11.3 Å². The lowest BCUT2D eigenvalue weighted by Gasteiger charge is -2.07. The molecular weight excluding hydrogens is 671 g/mol. The Hall–Kier alpha value is -6.53. The summed E-state index contributed by atoms with van der Waals surface area (Å²) in [7, 11) is 0. The molecule has 0 unspecified atom stereocenters. The van der Waals surface area contributed by atoms with Gasteiger partial charge in [0, 0.05) is 16.3 Å². The van der Waals surface area contributed by atoms with Crippen molar-refractivity contribution in [2.45, 2.75) is 33.9 Å². The molecule has 0 aliphatic carbocycles. The third-order valence-electron chi connectivity index (χ3n) is 8.95. The summed E-state index contributed by atoms with van der Waals surface area (Å²) in [4.78, 5) is 31.7. The monoisotopic (exact) mass is 703 g/mol. The van der Waals surface area contributed by atoms with Crippen LogP contribution in [0.15, 0.2) is 109 Å². The number of para-hydroxylation sites is 1. The minimum absolute atomic E-state index is 0.138. The maximum absolute atomic E-state index is 13.6. The molecule has 52 heavy (non-hydrogen) atoms. The molecule has 8 aromatic rings. The van der Waals surface area contributed by atoms with Gasteiger partial charge in [0.1, 0.15) is 4.88 Å². The number of nitrogens with zero attached hydrogens (tertiary/aromatic N) is 7. The van der Waals surface area contributed by atoms with Gasteiger partial charge in [0.25, 0.3) is 11.8 Å². The van der Waals surface area contributed by atoms with E-state index in [1.165, 1.54) is 22.5 Å². The van der Waals surface area contributed by atoms with Gasteiger partial charge in [-0.1, -0.05) is 77.9 Å².